The maximum Gasteiger partial charge on any atom is 0.175 e. The number of aromatic nitrogens is 4. The fraction of sp³-hybridized carbons (Fsp3) is 0.240. The van der Waals surface area contributed by atoms with E-state index >= 15 is 0 Å². The summed E-state index contributed by atoms with van der Waals surface area (Å²) in [5, 5.41) is 11.5. The Morgan fingerprint density at radius 1 is 1.11 bits per heavy atom. The van der Waals surface area contributed by atoms with Gasteiger partial charge in [0.05, 0.1) is 40.0 Å². The van der Waals surface area contributed by atoms with Crippen molar-refractivity contribution in [3.05, 3.63) is 59.6 Å². The Hall–Kier alpha value is -3.54. The van der Waals surface area contributed by atoms with Gasteiger partial charge >= 0.3 is 0 Å². The summed E-state index contributed by atoms with van der Waals surface area (Å²) in [6.07, 6.45) is 3.02. The largest absolute Gasteiger partial charge is 0.380 e. The molecule has 4 heterocycles. The van der Waals surface area contributed by atoms with Gasteiger partial charge < -0.3 is 15.0 Å². The molecule has 0 spiro atoms. The van der Waals surface area contributed by atoms with Crippen molar-refractivity contribution in [3.8, 4) is 11.4 Å². The quantitative estimate of drug-likeness (QED) is 0.344. The first-order valence-corrected chi connectivity index (χ1v) is 14.3. The number of rotatable bonds is 6. The van der Waals surface area contributed by atoms with Crippen LogP contribution in [0.1, 0.15) is 4.88 Å². The zero-order valence-corrected chi connectivity index (χ0v) is 21.2. The lowest BCUT2D eigenvalue weighted by Gasteiger charge is -2.28. The Morgan fingerprint density at radius 3 is 2.78 bits per heavy atom. The lowest BCUT2D eigenvalue weighted by molar-refractivity contribution is 0.122. The second-order valence-corrected chi connectivity index (χ2v) is 11.8. The number of thiophene rings is 1. The lowest BCUT2D eigenvalue weighted by Crippen LogP contribution is -2.36. The highest BCUT2D eigenvalue weighted by molar-refractivity contribution is 7.90. The Labute approximate surface area is 212 Å². The fourth-order valence-electron chi connectivity index (χ4n) is 4.35. The van der Waals surface area contributed by atoms with Crippen LogP contribution in [-0.2, 0) is 21.1 Å². The van der Waals surface area contributed by atoms with E-state index in [9.17, 15) is 8.42 Å². The molecule has 1 aliphatic heterocycles. The van der Waals surface area contributed by atoms with Crippen molar-refractivity contribution in [1.82, 2.24) is 20.2 Å². The van der Waals surface area contributed by atoms with Gasteiger partial charge in [0, 0.05) is 47.4 Å². The number of hydrogen-bond acceptors (Lipinski definition) is 9. The van der Waals surface area contributed by atoms with Gasteiger partial charge in [0.15, 0.2) is 21.5 Å². The Kier molecular flexibility index (Phi) is 5.82. The van der Waals surface area contributed by atoms with Gasteiger partial charge in [-0.05, 0) is 30.3 Å². The third kappa shape index (κ3) is 4.41. The minimum atomic E-state index is -3.27. The molecule has 5 aromatic rings. The van der Waals surface area contributed by atoms with E-state index in [0.29, 0.717) is 30.5 Å². The maximum absolute atomic E-state index is 11.9. The molecule has 11 heteroatoms. The monoisotopic (exact) mass is 520 g/mol. The summed E-state index contributed by atoms with van der Waals surface area (Å²) in [6.45, 7) is 3.41. The summed E-state index contributed by atoms with van der Waals surface area (Å²) >= 11 is 1.65. The van der Waals surface area contributed by atoms with Crippen molar-refractivity contribution in [1.29, 1.82) is 0 Å². The van der Waals surface area contributed by atoms with E-state index in [1.807, 2.05) is 24.3 Å². The number of hydrogen-bond donors (Lipinski definition) is 2. The van der Waals surface area contributed by atoms with Crippen LogP contribution >= 0.6 is 11.3 Å². The van der Waals surface area contributed by atoms with Crippen LogP contribution in [0.25, 0.3) is 32.5 Å². The molecule has 0 bridgehead atoms. The van der Waals surface area contributed by atoms with Gasteiger partial charge in [-0.15, -0.1) is 11.3 Å². The average molecular weight is 521 g/mol. The summed E-state index contributed by atoms with van der Waals surface area (Å²) in [5.41, 5.74) is 3.51. The molecule has 2 aromatic carbocycles. The zero-order chi connectivity index (χ0) is 24.7. The SMILES string of the molecule is CS(=O)(=O)c1cccc(NCc2cc3nc(-c4cccc5[nH]ncc45)nc(N4CCOCC4)c3s2)c1. The van der Waals surface area contributed by atoms with E-state index in [1.165, 1.54) is 6.26 Å². The molecule has 1 fully saturated rings. The van der Waals surface area contributed by atoms with E-state index in [1.54, 1.807) is 35.7 Å². The molecule has 1 saturated heterocycles. The smallest absolute Gasteiger partial charge is 0.175 e. The van der Waals surface area contributed by atoms with Gasteiger partial charge in [-0.1, -0.05) is 18.2 Å². The molecule has 9 nitrogen and oxygen atoms in total. The summed E-state index contributed by atoms with van der Waals surface area (Å²) in [5.74, 6) is 1.57. The molecule has 0 unspecified atom stereocenters. The topological polar surface area (TPSA) is 113 Å². The molecule has 0 saturated carbocycles. The molecule has 0 radical (unpaired) electrons. The fourth-order valence-corrected chi connectivity index (χ4v) is 6.07. The third-order valence-electron chi connectivity index (χ3n) is 6.17. The van der Waals surface area contributed by atoms with Crippen molar-refractivity contribution in [2.45, 2.75) is 11.4 Å². The molecule has 184 valence electrons. The summed E-state index contributed by atoms with van der Waals surface area (Å²) in [4.78, 5) is 13.6. The Balaban J connectivity index is 1.39. The number of benzene rings is 2. The molecule has 0 atom stereocenters. The molecule has 0 amide bonds. The number of aromatic amines is 1. The average Bonchev–Trinajstić information content (AvgIpc) is 3.54. The van der Waals surface area contributed by atoms with Crippen molar-refractivity contribution < 1.29 is 13.2 Å². The highest BCUT2D eigenvalue weighted by atomic mass is 32.2. The van der Waals surface area contributed by atoms with Crippen LogP contribution in [0.4, 0.5) is 11.5 Å². The van der Waals surface area contributed by atoms with E-state index in [0.717, 1.165) is 56.2 Å². The number of fused-ring (bicyclic) bond motifs is 2. The summed E-state index contributed by atoms with van der Waals surface area (Å²) in [6, 6.07) is 14.9. The molecule has 6 rings (SSSR count). The van der Waals surface area contributed by atoms with Gasteiger partial charge in [-0.2, -0.15) is 5.10 Å². The number of sulfone groups is 1. The minimum absolute atomic E-state index is 0.294. The normalized spacial score (nSPS) is 14.5. The van der Waals surface area contributed by atoms with Crippen LogP contribution in [0.3, 0.4) is 0 Å². The first-order valence-electron chi connectivity index (χ1n) is 11.6. The van der Waals surface area contributed by atoms with Crippen molar-refractivity contribution >= 4 is 53.8 Å². The van der Waals surface area contributed by atoms with Gasteiger partial charge in [0.25, 0.3) is 0 Å². The second kappa shape index (κ2) is 9.16. The molecule has 2 N–H and O–H groups in total. The Bertz CT molecular complexity index is 1670. The molecule has 3 aromatic heterocycles. The lowest BCUT2D eigenvalue weighted by atomic mass is 10.1. The van der Waals surface area contributed by atoms with Gasteiger partial charge in [-0.25, -0.2) is 18.4 Å². The van der Waals surface area contributed by atoms with Gasteiger partial charge in [0.2, 0.25) is 0 Å². The number of anilines is 2. The van der Waals surface area contributed by atoms with E-state index < -0.39 is 9.84 Å². The van der Waals surface area contributed by atoms with Crippen molar-refractivity contribution in [2.24, 2.45) is 0 Å². The second-order valence-electron chi connectivity index (χ2n) is 8.69. The van der Waals surface area contributed by atoms with Gasteiger partial charge in [0.1, 0.15) is 0 Å². The zero-order valence-electron chi connectivity index (χ0n) is 19.6. The Morgan fingerprint density at radius 2 is 1.94 bits per heavy atom. The number of nitrogens with one attached hydrogen (secondary N) is 2. The first-order chi connectivity index (χ1) is 17.5. The number of ether oxygens (including phenoxy) is 1. The third-order valence-corrected chi connectivity index (χ3v) is 8.40. The van der Waals surface area contributed by atoms with Crippen LogP contribution in [0.15, 0.2) is 59.6 Å². The van der Waals surface area contributed by atoms with Crippen molar-refractivity contribution in [3.63, 3.8) is 0 Å². The van der Waals surface area contributed by atoms with E-state index in [-0.39, 0.29) is 0 Å². The van der Waals surface area contributed by atoms with Crippen LogP contribution in [0, 0.1) is 0 Å². The van der Waals surface area contributed by atoms with E-state index in [2.05, 4.69) is 26.5 Å². The molecule has 1 aliphatic rings. The van der Waals surface area contributed by atoms with Crippen LogP contribution in [-0.4, -0.2) is 61.1 Å². The molecule has 0 aliphatic carbocycles. The molecule has 36 heavy (non-hydrogen) atoms. The highest BCUT2D eigenvalue weighted by Crippen LogP contribution is 2.36. The standard InChI is InChI=1S/C25H24N6O3S2/c1-36(32,33)18-5-2-4-16(12-18)26-14-17-13-22-23(35-17)25(31-8-10-34-11-9-31)29-24(28-22)19-6-3-7-21-20(19)15-27-30-21/h2-7,12-13,15,26H,8-11,14H2,1H3,(H,27,30). The highest BCUT2D eigenvalue weighted by Gasteiger charge is 2.21. The maximum atomic E-state index is 11.9. The minimum Gasteiger partial charge on any atom is -0.380 e. The predicted molar refractivity (Wildman–Crippen MR) is 142 cm³/mol. The van der Waals surface area contributed by atoms with Crippen molar-refractivity contribution in [2.75, 3.05) is 42.8 Å². The number of nitrogens with zero attached hydrogens (tertiary/aromatic N) is 4. The summed E-state index contributed by atoms with van der Waals surface area (Å²) in [7, 11) is -3.27. The number of morpholine rings is 1. The number of H-pyrrole nitrogens is 1. The summed E-state index contributed by atoms with van der Waals surface area (Å²) < 4.78 is 30.4. The molecular weight excluding hydrogens is 496 g/mol. The first kappa shape index (κ1) is 22.9. The van der Waals surface area contributed by atoms with Crippen LogP contribution in [0.5, 0.6) is 0 Å². The van der Waals surface area contributed by atoms with Crippen LogP contribution < -0.4 is 10.2 Å². The van der Waals surface area contributed by atoms with Crippen LogP contribution in [0.2, 0.25) is 0 Å². The van der Waals surface area contributed by atoms with E-state index in [4.69, 9.17) is 14.7 Å². The molecular formula is C25H24N6O3S2. The predicted octanol–water partition coefficient (Wildman–Crippen LogP) is 4.09. The van der Waals surface area contributed by atoms with Gasteiger partial charge in [-0.3, -0.25) is 5.10 Å².